The van der Waals surface area contributed by atoms with Crippen LogP contribution in [0.3, 0.4) is 0 Å². The van der Waals surface area contributed by atoms with Gasteiger partial charge in [-0.3, -0.25) is 4.79 Å². The minimum Gasteiger partial charge on any atom is -0.497 e. The number of amides is 1. The van der Waals surface area contributed by atoms with E-state index in [1.54, 1.807) is 12.5 Å². The van der Waals surface area contributed by atoms with E-state index in [9.17, 15) is 4.79 Å². The van der Waals surface area contributed by atoms with Gasteiger partial charge < -0.3 is 20.5 Å². The topological polar surface area (TPSA) is 86.5 Å². The van der Waals surface area contributed by atoms with E-state index in [1.165, 1.54) is 11.3 Å². The zero-order chi connectivity index (χ0) is 16.5. The van der Waals surface area contributed by atoms with Crippen LogP contribution in [0.1, 0.15) is 27.5 Å². The van der Waals surface area contributed by atoms with Crippen molar-refractivity contribution in [3.8, 4) is 5.75 Å². The summed E-state index contributed by atoms with van der Waals surface area (Å²) < 4.78 is 10.7. The van der Waals surface area contributed by atoms with Gasteiger partial charge in [0, 0.05) is 25.1 Å². The first kappa shape index (κ1) is 17.4. The van der Waals surface area contributed by atoms with Crippen molar-refractivity contribution in [1.82, 2.24) is 10.3 Å². The molecule has 3 N–H and O–H groups in total. The lowest BCUT2D eigenvalue weighted by Crippen LogP contribution is -2.25. The Morgan fingerprint density at radius 3 is 2.78 bits per heavy atom. The first-order valence-electron chi connectivity index (χ1n) is 7.36. The molecule has 124 valence electrons. The van der Waals surface area contributed by atoms with E-state index in [-0.39, 0.29) is 5.91 Å². The molecule has 2 rings (SSSR count). The molecule has 1 amide bonds. The zero-order valence-corrected chi connectivity index (χ0v) is 13.9. The number of hydrogen-bond donors (Lipinski definition) is 2. The van der Waals surface area contributed by atoms with Crippen LogP contribution in [0.4, 0.5) is 0 Å². The summed E-state index contributed by atoms with van der Waals surface area (Å²) >= 11 is 1.39. The SMILES string of the molecule is COc1ccc(COCCCNC(=O)c2csc(CN)n2)cc1. The molecule has 0 unspecified atom stereocenters. The minimum atomic E-state index is -0.170. The second-order valence-electron chi connectivity index (χ2n) is 4.84. The largest absolute Gasteiger partial charge is 0.497 e. The van der Waals surface area contributed by atoms with Crippen molar-refractivity contribution in [3.63, 3.8) is 0 Å². The average Bonchev–Trinajstić information content (AvgIpc) is 3.07. The highest BCUT2D eigenvalue weighted by molar-refractivity contribution is 7.09. The van der Waals surface area contributed by atoms with Gasteiger partial charge in [-0.05, 0) is 24.1 Å². The van der Waals surface area contributed by atoms with Crippen LogP contribution in [0, 0.1) is 0 Å². The van der Waals surface area contributed by atoms with Gasteiger partial charge in [0.15, 0.2) is 0 Å². The first-order valence-corrected chi connectivity index (χ1v) is 8.24. The van der Waals surface area contributed by atoms with Gasteiger partial charge in [0.25, 0.3) is 5.91 Å². The van der Waals surface area contributed by atoms with E-state index in [0.29, 0.717) is 32.0 Å². The molecule has 0 atom stereocenters. The molecule has 6 nitrogen and oxygen atoms in total. The predicted octanol–water partition coefficient (Wildman–Crippen LogP) is 1.95. The normalized spacial score (nSPS) is 10.5. The maximum absolute atomic E-state index is 11.8. The van der Waals surface area contributed by atoms with Crippen molar-refractivity contribution in [2.75, 3.05) is 20.3 Å². The highest BCUT2D eigenvalue weighted by Crippen LogP contribution is 2.12. The molecule has 2 aromatic rings. The van der Waals surface area contributed by atoms with Crippen LogP contribution in [0.25, 0.3) is 0 Å². The Kier molecular flexibility index (Phi) is 6.99. The fourth-order valence-electron chi connectivity index (χ4n) is 1.89. The van der Waals surface area contributed by atoms with Crippen molar-refractivity contribution in [1.29, 1.82) is 0 Å². The van der Waals surface area contributed by atoms with Crippen molar-refractivity contribution in [2.24, 2.45) is 5.73 Å². The van der Waals surface area contributed by atoms with E-state index in [4.69, 9.17) is 15.2 Å². The van der Waals surface area contributed by atoms with Gasteiger partial charge in [-0.15, -0.1) is 11.3 Å². The average molecular weight is 335 g/mol. The van der Waals surface area contributed by atoms with Gasteiger partial charge in [0.05, 0.1) is 13.7 Å². The summed E-state index contributed by atoms with van der Waals surface area (Å²) in [5.74, 6) is 0.660. The number of nitrogens with zero attached hydrogens (tertiary/aromatic N) is 1. The molecule has 0 aliphatic carbocycles. The number of aromatic nitrogens is 1. The van der Waals surface area contributed by atoms with Gasteiger partial charge in [0.1, 0.15) is 16.5 Å². The van der Waals surface area contributed by atoms with Gasteiger partial charge in [-0.25, -0.2) is 4.98 Å². The van der Waals surface area contributed by atoms with Crippen LogP contribution in [0.5, 0.6) is 5.75 Å². The number of benzene rings is 1. The third-order valence-corrected chi connectivity index (χ3v) is 4.01. The van der Waals surface area contributed by atoms with Crippen LogP contribution >= 0.6 is 11.3 Å². The van der Waals surface area contributed by atoms with Crippen molar-refractivity contribution in [2.45, 2.75) is 19.6 Å². The number of thiazole rings is 1. The van der Waals surface area contributed by atoms with Crippen LogP contribution in [0.2, 0.25) is 0 Å². The lowest BCUT2D eigenvalue weighted by Gasteiger charge is -2.06. The molecule has 0 radical (unpaired) electrons. The molecule has 1 aromatic heterocycles. The maximum Gasteiger partial charge on any atom is 0.270 e. The van der Waals surface area contributed by atoms with Crippen LogP contribution < -0.4 is 15.8 Å². The maximum atomic E-state index is 11.8. The lowest BCUT2D eigenvalue weighted by atomic mass is 10.2. The number of carbonyl (C=O) groups is 1. The Morgan fingerprint density at radius 1 is 1.35 bits per heavy atom. The van der Waals surface area contributed by atoms with Crippen LogP contribution in [-0.4, -0.2) is 31.2 Å². The second-order valence-corrected chi connectivity index (χ2v) is 5.78. The molecule has 0 saturated heterocycles. The number of hydrogen-bond acceptors (Lipinski definition) is 6. The summed E-state index contributed by atoms with van der Waals surface area (Å²) in [4.78, 5) is 16.0. The molecule has 1 aromatic carbocycles. The molecule has 23 heavy (non-hydrogen) atoms. The highest BCUT2D eigenvalue weighted by Gasteiger charge is 2.09. The highest BCUT2D eigenvalue weighted by atomic mass is 32.1. The van der Waals surface area contributed by atoms with Crippen LogP contribution in [-0.2, 0) is 17.9 Å². The summed E-state index contributed by atoms with van der Waals surface area (Å²) in [5, 5.41) is 5.30. The smallest absolute Gasteiger partial charge is 0.270 e. The summed E-state index contributed by atoms with van der Waals surface area (Å²) in [7, 11) is 1.64. The lowest BCUT2D eigenvalue weighted by molar-refractivity contribution is 0.0930. The number of ether oxygens (including phenoxy) is 2. The zero-order valence-electron chi connectivity index (χ0n) is 13.1. The van der Waals surface area contributed by atoms with E-state index < -0.39 is 0 Å². The fraction of sp³-hybridized carbons (Fsp3) is 0.375. The van der Waals surface area contributed by atoms with E-state index in [0.717, 1.165) is 22.7 Å². The number of methoxy groups -OCH3 is 1. The third-order valence-electron chi connectivity index (χ3n) is 3.14. The van der Waals surface area contributed by atoms with Gasteiger partial charge >= 0.3 is 0 Å². The van der Waals surface area contributed by atoms with E-state index >= 15 is 0 Å². The van der Waals surface area contributed by atoms with Crippen LogP contribution in [0.15, 0.2) is 29.6 Å². The standard InChI is InChI=1S/C16H21N3O3S/c1-21-13-5-3-12(4-6-13)10-22-8-2-7-18-16(20)14-11-23-15(9-17)19-14/h3-6,11H,2,7-10,17H2,1H3,(H,18,20). The summed E-state index contributed by atoms with van der Waals surface area (Å²) in [6.45, 7) is 2.04. The molecule has 0 saturated carbocycles. The van der Waals surface area contributed by atoms with Gasteiger partial charge in [0.2, 0.25) is 0 Å². The number of nitrogens with two attached hydrogens (primary N) is 1. The Hall–Kier alpha value is -1.96. The Bertz CT molecular complexity index is 613. The van der Waals surface area contributed by atoms with Gasteiger partial charge in [-0.2, -0.15) is 0 Å². The molecule has 0 spiro atoms. The fourth-order valence-corrected chi connectivity index (χ4v) is 2.54. The van der Waals surface area contributed by atoms with E-state index in [1.807, 2.05) is 24.3 Å². The van der Waals surface area contributed by atoms with E-state index in [2.05, 4.69) is 10.3 Å². The molecular weight excluding hydrogens is 314 g/mol. The molecule has 0 fully saturated rings. The molecular formula is C16H21N3O3S. The summed E-state index contributed by atoms with van der Waals surface area (Å²) in [6.07, 6.45) is 0.746. The molecule has 1 heterocycles. The monoisotopic (exact) mass is 335 g/mol. The summed E-state index contributed by atoms with van der Waals surface area (Å²) in [6, 6.07) is 7.75. The molecule has 0 bridgehead atoms. The number of rotatable bonds is 9. The molecule has 0 aliphatic heterocycles. The Balaban J connectivity index is 1.59. The quantitative estimate of drug-likeness (QED) is 0.684. The Morgan fingerprint density at radius 2 is 2.13 bits per heavy atom. The Labute approximate surface area is 139 Å². The second kappa shape index (κ2) is 9.24. The third kappa shape index (κ3) is 5.63. The van der Waals surface area contributed by atoms with Gasteiger partial charge in [-0.1, -0.05) is 12.1 Å². The first-order chi connectivity index (χ1) is 11.2. The number of nitrogens with one attached hydrogen (secondary N) is 1. The minimum absolute atomic E-state index is 0.170. The number of carbonyl (C=O) groups excluding carboxylic acids is 1. The predicted molar refractivity (Wildman–Crippen MR) is 89.6 cm³/mol. The summed E-state index contributed by atoms with van der Waals surface area (Å²) in [5.41, 5.74) is 6.99. The van der Waals surface area contributed by atoms with Crippen molar-refractivity contribution < 1.29 is 14.3 Å². The van der Waals surface area contributed by atoms with Crippen molar-refractivity contribution >= 4 is 17.2 Å². The van der Waals surface area contributed by atoms with Crippen molar-refractivity contribution in [3.05, 3.63) is 45.9 Å². The molecule has 0 aliphatic rings. The molecule has 7 heteroatoms.